The topological polar surface area (TPSA) is 48.0 Å². The Balaban J connectivity index is 1.62. The molecule has 132 valence electrons. The standard InChI is InChI=1S/C18H24ClNO4/c1-12(2)11-24-14-3-5-20(6-4-14)18(21)13-9-15(19)17-16(10-13)22-7-8-23-17/h9-10,12,14H,3-8,11H2,1-2H3. The van der Waals surface area contributed by atoms with Crippen LogP contribution in [0.3, 0.4) is 0 Å². The molecule has 0 bridgehead atoms. The largest absolute Gasteiger partial charge is 0.486 e. The highest BCUT2D eigenvalue weighted by atomic mass is 35.5. The molecule has 1 amide bonds. The van der Waals surface area contributed by atoms with Gasteiger partial charge in [-0.1, -0.05) is 25.4 Å². The third kappa shape index (κ3) is 3.95. The first-order valence-electron chi connectivity index (χ1n) is 8.54. The quantitative estimate of drug-likeness (QED) is 0.832. The average Bonchev–Trinajstić information content (AvgIpc) is 2.60. The summed E-state index contributed by atoms with van der Waals surface area (Å²) in [5, 5.41) is 0.422. The molecule has 0 N–H and O–H groups in total. The molecular formula is C18H24ClNO4. The fourth-order valence-corrected chi connectivity index (χ4v) is 3.24. The van der Waals surface area contributed by atoms with Gasteiger partial charge in [-0.3, -0.25) is 4.79 Å². The molecule has 0 aliphatic carbocycles. The van der Waals surface area contributed by atoms with Gasteiger partial charge in [-0.25, -0.2) is 0 Å². The van der Waals surface area contributed by atoms with Crippen molar-refractivity contribution in [3.63, 3.8) is 0 Å². The predicted octanol–water partition coefficient (Wildman–Crippen LogP) is 3.39. The van der Waals surface area contributed by atoms with Gasteiger partial charge in [-0.05, 0) is 30.9 Å². The second-order valence-corrected chi connectivity index (χ2v) is 7.11. The highest BCUT2D eigenvalue weighted by molar-refractivity contribution is 6.32. The lowest BCUT2D eigenvalue weighted by Gasteiger charge is -2.32. The number of benzene rings is 1. The third-order valence-electron chi connectivity index (χ3n) is 4.24. The molecule has 1 aromatic rings. The van der Waals surface area contributed by atoms with Gasteiger partial charge in [0.2, 0.25) is 0 Å². The van der Waals surface area contributed by atoms with Crippen molar-refractivity contribution in [1.29, 1.82) is 0 Å². The summed E-state index contributed by atoms with van der Waals surface area (Å²) in [4.78, 5) is 14.6. The number of ether oxygens (including phenoxy) is 3. The van der Waals surface area contributed by atoms with Crippen LogP contribution < -0.4 is 9.47 Å². The zero-order valence-electron chi connectivity index (χ0n) is 14.2. The smallest absolute Gasteiger partial charge is 0.254 e. The normalized spacial score (nSPS) is 18.1. The molecule has 2 heterocycles. The van der Waals surface area contributed by atoms with Gasteiger partial charge < -0.3 is 19.1 Å². The van der Waals surface area contributed by atoms with Gasteiger partial charge in [0.15, 0.2) is 11.5 Å². The zero-order chi connectivity index (χ0) is 17.1. The molecule has 0 atom stereocenters. The van der Waals surface area contributed by atoms with Crippen molar-refractivity contribution in [2.45, 2.75) is 32.8 Å². The molecule has 5 nitrogen and oxygen atoms in total. The Morgan fingerprint density at radius 2 is 2.00 bits per heavy atom. The maximum absolute atomic E-state index is 12.7. The summed E-state index contributed by atoms with van der Waals surface area (Å²) in [7, 11) is 0. The third-order valence-corrected chi connectivity index (χ3v) is 4.52. The molecule has 24 heavy (non-hydrogen) atoms. The summed E-state index contributed by atoms with van der Waals surface area (Å²) in [6, 6.07) is 3.39. The summed E-state index contributed by atoms with van der Waals surface area (Å²) < 4.78 is 16.9. The molecule has 0 unspecified atom stereocenters. The van der Waals surface area contributed by atoms with E-state index in [9.17, 15) is 4.79 Å². The lowest BCUT2D eigenvalue weighted by atomic mass is 10.1. The molecule has 0 spiro atoms. The lowest BCUT2D eigenvalue weighted by molar-refractivity contribution is -0.00232. The number of hydrogen-bond acceptors (Lipinski definition) is 4. The van der Waals surface area contributed by atoms with Gasteiger partial charge in [-0.2, -0.15) is 0 Å². The van der Waals surface area contributed by atoms with Crippen LogP contribution in [0.15, 0.2) is 12.1 Å². The number of halogens is 1. The fraction of sp³-hybridized carbons (Fsp3) is 0.611. The van der Waals surface area contributed by atoms with E-state index in [4.69, 9.17) is 25.8 Å². The van der Waals surface area contributed by atoms with Crippen molar-refractivity contribution in [2.75, 3.05) is 32.9 Å². The van der Waals surface area contributed by atoms with Crippen LogP contribution in [-0.4, -0.2) is 49.8 Å². The molecule has 2 aliphatic rings. The van der Waals surface area contributed by atoms with E-state index >= 15 is 0 Å². The monoisotopic (exact) mass is 353 g/mol. The minimum absolute atomic E-state index is 0.0174. The number of likely N-dealkylation sites (tertiary alicyclic amines) is 1. The van der Waals surface area contributed by atoms with Crippen molar-refractivity contribution >= 4 is 17.5 Å². The summed E-state index contributed by atoms with van der Waals surface area (Å²) >= 11 is 6.23. The maximum Gasteiger partial charge on any atom is 0.254 e. The van der Waals surface area contributed by atoms with Gasteiger partial charge in [0.25, 0.3) is 5.91 Å². The van der Waals surface area contributed by atoms with Crippen molar-refractivity contribution in [2.24, 2.45) is 5.92 Å². The molecule has 3 rings (SSSR count). The first-order valence-corrected chi connectivity index (χ1v) is 8.92. The van der Waals surface area contributed by atoms with E-state index in [0.717, 1.165) is 19.4 Å². The van der Waals surface area contributed by atoms with Crippen LogP contribution in [0.5, 0.6) is 11.5 Å². The van der Waals surface area contributed by atoms with Gasteiger partial charge in [-0.15, -0.1) is 0 Å². The number of carbonyl (C=O) groups is 1. The van der Waals surface area contributed by atoms with Crippen LogP contribution in [-0.2, 0) is 4.74 Å². The van der Waals surface area contributed by atoms with Crippen LogP contribution in [0.25, 0.3) is 0 Å². The van der Waals surface area contributed by atoms with Crippen molar-refractivity contribution < 1.29 is 19.0 Å². The van der Waals surface area contributed by atoms with E-state index in [1.807, 2.05) is 4.90 Å². The highest BCUT2D eigenvalue weighted by Crippen LogP contribution is 2.38. The van der Waals surface area contributed by atoms with Crippen LogP contribution in [0.4, 0.5) is 0 Å². The second-order valence-electron chi connectivity index (χ2n) is 6.70. The molecule has 6 heteroatoms. The van der Waals surface area contributed by atoms with Crippen LogP contribution >= 0.6 is 11.6 Å². The molecule has 2 aliphatic heterocycles. The predicted molar refractivity (Wildman–Crippen MR) is 92.2 cm³/mol. The van der Waals surface area contributed by atoms with Crippen LogP contribution in [0, 0.1) is 5.92 Å². The number of carbonyl (C=O) groups excluding carboxylic acids is 1. The molecule has 0 aromatic heterocycles. The molecule has 1 saturated heterocycles. The van der Waals surface area contributed by atoms with Crippen LogP contribution in [0.1, 0.15) is 37.0 Å². The fourth-order valence-electron chi connectivity index (χ4n) is 2.97. The van der Waals surface area contributed by atoms with E-state index in [-0.39, 0.29) is 12.0 Å². The summed E-state index contributed by atoms with van der Waals surface area (Å²) in [6.45, 7) is 7.41. The lowest BCUT2D eigenvalue weighted by Crippen LogP contribution is -2.41. The minimum atomic E-state index is -0.0174. The highest BCUT2D eigenvalue weighted by Gasteiger charge is 2.26. The molecule has 1 aromatic carbocycles. The van der Waals surface area contributed by atoms with Crippen molar-refractivity contribution in [1.82, 2.24) is 4.90 Å². The maximum atomic E-state index is 12.7. The number of fused-ring (bicyclic) bond motifs is 1. The van der Waals surface area contributed by atoms with E-state index in [1.165, 1.54) is 0 Å². The molecular weight excluding hydrogens is 330 g/mol. The molecule has 1 fully saturated rings. The average molecular weight is 354 g/mol. The second kappa shape index (κ2) is 7.62. The molecule has 0 saturated carbocycles. The van der Waals surface area contributed by atoms with E-state index in [1.54, 1.807) is 12.1 Å². The number of nitrogens with zero attached hydrogens (tertiary/aromatic N) is 1. The first kappa shape index (κ1) is 17.4. The van der Waals surface area contributed by atoms with Gasteiger partial charge >= 0.3 is 0 Å². The Morgan fingerprint density at radius 1 is 1.29 bits per heavy atom. The minimum Gasteiger partial charge on any atom is -0.486 e. The van der Waals surface area contributed by atoms with E-state index in [2.05, 4.69) is 13.8 Å². The van der Waals surface area contributed by atoms with E-state index in [0.29, 0.717) is 54.3 Å². The Bertz CT molecular complexity index is 597. The number of piperidine rings is 1. The van der Waals surface area contributed by atoms with Gasteiger partial charge in [0.1, 0.15) is 13.2 Å². The van der Waals surface area contributed by atoms with Crippen LogP contribution in [0.2, 0.25) is 5.02 Å². The number of amides is 1. The Morgan fingerprint density at radius 3 is 2.71 bits per heavy atom. The first-order chi connectivity index (χ1) is 11.5. The zero-order valence-corrected chi connectivity index (χ0v) is 15.0. The molecule has 0 radical (unpaired) electrons. The number of rotatable bonds is 4. The van der Waals surface area contributed by atoms with E-state index < -0.39 is 0 Å². The van der Waals surface area contributed by atoms with Gasteiger partial charge in [0, 0.05) is 25.3 Å². The SMILES string of the molecule is CC(C)COC1CCN(C(=O)c2cc(Cl)c3c(c2)OCCO3)CC1. The Labute approximate surface area is 147 Å². The number of hydrogen-bond donors (Lipinski definition) is 0. The summed E-state index contributed by atoms with van der Waals surface area (Å²) in [6.07, 6.45) is 1.99. The summed E-state index contributed by atoms with van der Waals surface area (Å²) in [5.41, 5.74) is 0.547. The Hall–Kier alpha value is -1.46. The summed E-state index contributed by atoms with van der Waals surface area (Å²) in [5.74, 6) is 1.59. The van der Waals surface area contributed by atoms with Crippen molar-refractivity contribution in [3.05, 3.63) is 22.7 Å². The van der Waals surface area contributed by atoms with Crippen molar-refractivity contribution in [3.8, 4) is 11.5 Å². The Kier molecular flexibility index (Phi) is 5.51. The van der Waals surface area contributed by atoms with Gasteiger partial charge in [0.05, 0.1) is 11.1 Å².